The quantitative estimate of drug-likeness (QED) is 0.809. The molecule has 0 radical (unpaired) electrons. The van der Waals surface area contributed by atoms with Crippen LogP contribution in [0.1, 0.15) is 5.69 Å². The molecule has 1 aromatic heterocycles. The van der Waals surface area contributed by atoms with Crippen LogP contribution in [0.2, 0.25) is 0 Å². The summed E-state index contributed by atoms with van der Waals surface area (Å²) in [6.45, 7) is 0.330. The standard InChI is InChI=1S/C11H13N3O2S2/c12-9-1-3-11(4-2-9)18(15,16)14-6-5-10-7-17-8-13-10/h1-4,7-8,14H,5-6,12H2. The Kier molecular flexibility index (Phi) is 3.95. The monoisotopic (exact) mass is 283 g/mol. The van der Waals surface area contributed by atoms with E-state index < -0.39 is 10.0 Å². The first kappa shape index (κ1) is 13.0. The first-order chi connectivity index (χ1) is 8.58. The number of nitrogens with zero attached hydrogens (tertiary/aromatic N) is 1. The van der Waals surface area contributed by atoms with Crippen molar-refractivity contribution in [1.29, 1.82) is 0 Å². The largest absolute Gasteiger partial charge is 0.399 e. The van der Waals surface area contributed by atoms with Gasteiger partial charge in [-0.3, -0.25) is 0 Å². The van der Waals surface area contributed by atoms with Crippen LogP contribution in [0.3, 0.4) is 0 Å². The maximum Gasteiger partial charge on any atom is 0.240 e. The number of sulfonamides is 1. The predicted octanol–water partition coefficient (Wildman–Crippen LogP) is 1.25. The van der Waals surface area contributed by atoms with E-state index in [9.17, 15) is 8.42 Å². The molecule has 18 heavy (non-hydrogen) atoms. The van der Waals surface area contributed by atoms with Crippen molar-refractivity contribution in [3.63, 3.8) is 0 Å². The molecule has 0 fully saturated rings. The lowest BCUT2D eigenvalue weighted by Crippen LogP contribution is -2.26. The Balaban J connectivity index is 1.97. The summed E-state index contributed by atoms with van der Waals surface area (Å²) < 4.78 is 26.3. The fourth-order valence-electron chi connectivity index (χ4n) is 1.40. The molecule has 7 heteroatoms. The highest BCUT2D eigenvalue weighted by Gasteiger charge is 2.12. The normalized spacial score (nSPS) is 11.6. The number of nitrogen functional groups attached to an aromatic ring is 1. The number of nitrogens with two attached hydrogens (primary N) is 1. The van der Waals surface area contributed by atoms with Crippen molar-refractivity contribution >= 4 is 27.0 Å². The molecule has 1 aromatic carbocycles. The molecular formula is C11H13N3O2S2. The van der Waals surface area contributed by atoms with Crippen LogP contribution < -0.4 is 10.5 Å². The average molecular weight is 283 g/mol. The van der Waals surface area contributed by atoms with Gasteiger partial charge in [0.15, 0.2) is 0 Å². The molecule has 0 saturated heterocycles. The van der Waals surface area contributed by atoms with Crippen molar-refractivity contribution in [2.24, 2.45) is 0 Å². The maximum atomic E-state index is 11.9. The van der Waals surface area contributed by atoms with Gasteiger partial charge >= 0.3 is 0 Å². The van der Waals surface area contributed by atoms with Crippen LogP contribution in [0.15, 0.2) is 40.1 Å². The Morgan fingerprint density at radius 3 is 2.61 bits per heavy atom. The van der Waals surface area contributed by atoms with Crippen LogP contribution in [-0.4, -0.2) is 19.9 Å². The van der Waals surface area contributed by atoms with Gasteiger partial charge in [-0.05, 0) is 24.3 Å². The van der Waals surface area contributed by atoms with Crippen molar-refractivity contribution in [3.8, 4) is 0 Å². The second-order valence-corrected chi connectivity index (χ2v) is 6.18. The first-order valence-electron chi connectivity index (χ1n) is 5.30. The first-order valence-corrected chi connectivity index (χ1v) is 7.73. The van der Waals surface area contributed by atoms with Gasteiger partial charge in [-0.1, -0.05) is 0 Å². The molecule has 5 nitrogen and oxygen atoms in total. The highest BCUT2D eigenvalue weighted by molar-refractivity contribution is 7.89. The molecule has 2 rings (SSSR count). The molecule has 1 heterocycles. The Bertz CT molecular complexity index is 592. The molecule has 0 spiro atoms. The lowest BCUT2D eigenvalue weighted by atomic mass is 10.3. The zero-order valence-electron chi connectivity index (χ0n) is 9.54. The van der Waals surface area contributed by atoms with E-state index in [-0.39, 0.29) is 4.90 Å². The minimum absolute atomic E-state index is 0.218. The van der Waals surface area contributed by atoms with Crippen LogP contribution in [0.4, 0.5) is 5.69 Å². The van der Waals surface area contributed by atoms with E-state index in [1.807, 2.05) is 5.38 Å². The van der Waals surface area contributed by atoms with E-state index in [1.165, 1.54) is 23.5 Å². The topological polar surface area (TPSA) is 85.1 Å². The summed E-state index contributed by atoms with van der Waals surface area (Å²) in [5.41, 5.74) is 8.67. The smallest absolute Gasteiger partial charge is 0.240 e. The molecular weight excluding hydrogens is 270 g/mol. The maximum absolute atomic E-state index is 11.9. The summed E-state index contributed by atoms with van der Waals surface area (Å²) in [6, 6.07) is 6.10. The predicted molar refractivity (Wildman–Crippen MR) is 71.9 cm³/mol. The third kappa shape index (κ3) is 3.28. The molecule has 0 amide bonds. The van der Waals surface area contributed by atoms with Crippen molar-refractivity contribution in [2.75, 3.05) is 12.3 Å². The summed E-state index contributed by atoms with van der Waals surface area (Å²) in [5.74, 6) is 0. The Morgan fingerprint density at radius 2 is 2.00 bits per heavy atom. The van der Waals surface area contributed by atoms with Crippen LogP contribution in [-0.2, 0) is 16.4 Å². The third-order valence-corrected chi connectivity index (χ3v) is 4.46. The van der Waals surface area contributed by atoms with Crippen molar-refractivity contribution in [1.82, 2.24) is 9.71 Å². The SMILES string of the molecule is Nc1ccc(S(=O)(=O)NCCc2cscn2)cc1. The van der Waals surface area contributed by atoms with Gasteiger partial charge in [0.05, 0.1) is 16.1 Å². The van der Waals surface area contributed by atoms with Gasteiger partial charge in [-0.15, -0.1) is 11.3 Å². The van der Waals surface area contributed by atoms with E-state index in [4.69, 9.17) is 5.73 Å². The average Bonchev–Trinajstić information content (AvgIpc) is 2.82. The van der Waals surface area contributed by atoms with E-state index in [1.54, 1.807) is 17.6 Å². The lowest BCUT2D eigenvalue weighted by Gasteiger charge is -2.06. The van der Waals surface area contributed by atoms with Crippen LogP contribution in [0.25, 0.3) is 0 Å². The van der Waals surface area contributed by atoms with Crippen LogP contribution in [0, 0.1) is 0 Å². The van der Waals surface area contributed by atoms with Gasteiger partial charge in [0.1, 0.15) is 0 Å². The summed E-state index contributed by atoms with van der Waals surface area (Å²) in [6.07, 6.45) is 0.581. The molecule has 0 aliphatic carbocycles. The number of aromatic nitrogens is 1. The number of nitrogens with one attached hydrogen (secondary N) is 1. The van der Waals surface area contributed by atoms with Crippen molar-refractivity contribution < 1.29 is 8.42 Å². The fraction of sp³-hybridized carbons (Fsp3) is 0.182. The molecule has 0 aliphatic rings. The van der Waals surface area contributed by atoms with Gasteiger partial charge in [0, 0.05) is 24.0 Å². The zero-order valence-corrected chi connectivity index (χ0v) is 11.2. The van der Waals surface area contributed by atoms with Gasteiger partial charge in [0.25, 0.3) is 0 Å². The van der Waals surface area contributed by atoms with E-state index in [0.717, 1.165) is 5.69 Å². The molecule has 2 aromatic rings. The molecule has 0 bridgehead atoms. The highest BCUT2D eigenvalue weighted by atomic mass is 32.2. The molecule has 96 valence electrons. The Morgan fingerprint density at radius 1 is 1.28 bits per heavy atom. The summed E-state index contributed by atoms with van der Waals surface area (Å²) in [7, 11) is -3.46. The van der Waals surface area contributed by atoms with Crippen LogP contribution in [0.5, 0.6) is 0 Å². The second kappa shape index (κ2) is 5.47. The number of hydrogen-bond acceptors (Lipinski definition) is 5. The fourth-order valence-corrected chi connectivity index (χ4v) is 3.03. The summed E-state index contributed by atoms with van der Waals surface area (Å²) in [4.78, 5) is 4.30. The highest BCUT2D eigenvalue weighted by Crippen LogP contribution is 2.11. The van der Waals surface area contributed by atoms with Crippen molar-refractivity contribution in [2.45, 2.75) is 11.3 Å². The molecule has 3 N–H and O–H groups in total. The molecule has 0 unspecified atom stereocenters. The minimum atomic E-state index is -3.46. The van der Waals surface area contributed by atoms with Gasteiger partial charge in [-0.25, -0.2) is 18.1 Å². The molecule has 0 atom stereocenters. The van der Waals surface area contributed by atoms with Crippen LogP contribution >= 0.6 is 11.3 Å². The van der Waals surface area contributed by atoms with Gasteiger partial charge in [0.2, 0.25) is 10.0 Å². The number of benzene rings is 1. The zero-order chi connectivity index (χ0) is 13.0. The summed E-state index contributed by atoms with van der Waals surface area (Å²) in [5, 5.41) is 1.90. The molecule has 0 aliphatic heterocycles. The Hall–Kier alpha value is -1.44. The van der Waals surface area contributed by atoms with E-state index >= 15 is 0 Å². The number of rotatable bonds is 5. The van der Waals surface area contributed by atoms with E-state index in [0.29, 0.717) is 18.7 Å². The number of thiazole rings is 1. The van der Waals surface area contributed by atoms with E-state index in [2.05, 4.69) is 9.71 Å². The third-order valence-electron chi connectivity index (χ3n) is 2.35. The van der Waals surface area contributed by atoms with Crippen molar-refractivity contribution in [3.05, 3.63) is 40.8 Å². The van der Waals surface area contributed by atoms with Gasteiger partial charge in [-0.2, -0.15) is 0 Å². The Labute approximate surface area is 110 Å². The summed E-state index contributed by atoms with van der Waals surface area (Å²) >= 11 is 1.49. The van der Waals surface area contributed by atoms with Gasteiger partial charge < -0.3 is 5.73 Å². The number of hydrogen-bond donors (Lipinski definition) is 2. The lowest BCUT2D eigenvalue weighted by molar-refractivity contribution is 0.581. The minimum Gasteiger partial charge on any atom is -0.399 e. The number of anilines is 1. The molecule has 0 saturated carbocycles. The second-order valence-electron chi connectivity index (χ2n) is 3.70.